The minimum atomic E-state index is -0.0682. The van der Waals surface area contributed by atoms with Gasteiger partial charge in [0.05, 0.1) is 16.8 Å². The molecule has 0 atom stereocenters. The van der Waals surface area contributed by atoms with Gasteiger partial charge >= 0.3 is 0 Å². The van der Waals surface area contributed by atoms with Crippen molar-refractivity contribution in [3.05, 3.63) is 42.0 Å². The predicted octanol–water partition coefficient (Wildman–Crippen LogP) is 5.61. The molecule has 0 unspecified atom stereocenters. The first-order valence-electron chi connectivity index (χ1n) is 11.6. The average Bonchev–Trinajstić information content (AvgIpc) is 3.46. The maximum atomic E-state index is 13.6. The van der Waals surface area contributed by atoms with Gasteiger partial charge in [0.1, 0.15) is 5.75 Å². The van der Waals surface area contributed by atoms with Gasteiger partial charge in [-0.1, -0.05) is 38.5 Å². The summed E-state index contributed by atoms with van der Waals surface area (Å²) in [6.45, 7) is 10.5. The molecule has 0 aliphatic carbocycles. The molecule has 2 aromatic carbocycles. The molecule has 1 amide bonds. The number of hydrogen-bond acceptors (Lipinski definition) is 7. The van der Waals surface area contributed by atoms with E-state index in [-0.39, 0.29) is 25.1 Å². The third-order valence-corrected chi connectivity index (χ3v) is 6.79. The monoisotopic (exact) mass is 505 g/mol. The molecule has 1 aliphatic rings. The van der Waals surface area contributed by atoms with Crippen LogP contribution in [-0.4, -0.2) is 55.4 Å². The standard InChI is InChI=1S/C25H31N3O4S.ClH/c1-4-7-14-30-19-10-8-18(9-11-19)24(29)28(13-12-27(5-2)6-3)25-26-20-15-21-22(32-17-31-21)16-23(20)33-25;/h8-11,15-16H,4-7,12-14,17H2,1-3H3;1H. The Kier molecular flexibility index (Phi) is 9.38. The summed E-state index contributed by atoms with van der Waals surface area (Å²) in [4.78, 5) is 22.4. The van der Waals surface area contributed by atoms with Crippen molar-refractivity contribution in [2.24, 2.45) is 0 Å². The highest BCUT2D eigenvalue weighted by atomic mass is 35.5. The zero-order valence-corrected chi connectivity index (χ0v) is 21.5. The second-order valence-electron chi connectivity index (χ2n) is 7.88. The molecule has 0 saturated carbocycles. The highest BCUT2D eigenvalue weighted by Gasteiger charge is 2.24. The number of aromatic nitrogens is 1. The van der Waals surface area contributed by atoms with E-state index in [0.717, 1.165) is 54.2 Å². The van der Waals surface area contributed by atoms with E-state index in [1.165, 1.54) is 11.3 Å². The molecule has 0 radical (unpaired) electrons. The van der Waals surface area contributed by atoms with Crippen LogP contribution in [0.2, 0.25) is 0 Å². The van der Waals surface area contributed by atoms with Crippen LogP contribution in [0.25, 0.3) is 10.2 Å². The number of thiazole rings is 1. The number of rotatable bonds is 11. The number of unbranched alkanes of at least 4 members (excludes halogenated alkanes) is 1. The summed E-state index contributed by atoms with van der Waals surface area (Å²) in [5.74, 6) is 2.13. The largest absolute Gasteiger partial charge is 0.494 e. The Morgan fingerprint density at radius 3 is 2.44 bits per heavy atom. The Labute approximate surface area is 211 Å². The molecule has 0 N–H and O–H groups in total. The van der Waals surface area contributed by atoms with Crippen LogP contribution >= 0.6 is 23.7 Å². The van der Waals surface area contributed by atoms with E-state index < -0.39 is 0 Å². The Balaban J connectivity index is 0.00000324. The van der Waals surface area contributed by atoms with E-state index in [0.29, 0.717) is 29.6 Å². The van der Waals surface area contributed by atoms with Crippen molar-refractivity contribution in [2.75, 3.05) is 44.5 Å². The molecule has 1 aromatic heterocycles. The predicted molar refractivity (Wildman–Crippen MR) is 139 cm³/mol. The third-order valence-electron chi connectivity index (χ3n) is 5.75. The molecule has 4 rings (SSSR count). The number of likely N-dealkylation sites (N-methyl/N-ethyl adjacent to an activating group) is 1. The molecular weight excluding hydrogens is 474 g/mol. The fourth-order valence-corrected chi connectivity index (χ4v) is 4.67. The first-order valence-corrected chi connectivity index (χ1v) is 12.4. The van der Waals surface area contributed by atoms with Crippen LogP contribution in [0, 0.1) is 0 Å². The first kappa shape index (κ1) is 26.1. The highest BCUT2D eigenvalue weighted by molar-refractivity contribution is 7.22. The second-order valence-corrected chi connectivity index (χ2v) is 8.89. The van der Waals surface area contributed by atoms with Crippen LogP contribution in [-0.2, 0) is 0 Å². The highest BCUT2D eigenvalue weighted by Crippen LogP contribution is 2.40. The summed E-state index contributed by atoms with van der Waals surface area (Å²) in [5, 5.41) is 0.675. The zero-order valence-electron chi connectivity index (χ0n) is 19.9. The van der Waals surface area contributed by atoms with Crippen LogP contribution in [0.5, 0.6) is 17.2 Å². The molecule has 2 heterocycles. The van der Waals surface area contributed by atoms with Gasteiger partial charge in [0.25, 0.3) is 5.91 Å². The fraction of sp³-hybridized carbons (Fsp3) is 0.440. The smallest absolute Gasteiger partial charge is 0.260 e. The topological polar surface area (TPSA) is 64.1 Å². The minimum absolute atomic E-state index is 0. The lowest BCUT2D eigenvalue weighted by Crippen LogP contribution is -2.38. The number of carbonyl (C=O) groups excluding carboxylic acids is 1. The quantitative estimate of drug-likeness (QED) is 0.315. The van der Waals surface area contributed by atoms with Crippen molar-refractivity contribution in [1.29, 1.82) is 0 Å². The van der Waals surface area contributed by atoms with Crippen molar-refractivity contribution < 1.29 is 19.0 Å². The van der Waals surface area contributed by atoms with E-state index >= 15 is 0 Å². The van der Waals surface area contributed by atoms with Gasteiger partial charge in [-0.2, -0.15) is 0 Å². The Morgan fingerprint density at radius 1 is 1.06 bits per heavy atom. The molecule has 0 bridgehead atoms. The normalized spacial score (nSPS) is 12.1. The number of fused-ring (bicyclic) bond motifs is 2. The third kappa shape index (κ3) is 5.92. The Hall–Kier alpha value is -2.55. The number of nitrogens with zero attached hydrogens (tertiary/aromatic N) is 3. The van der Waals surface area contributed by atoms with Crippen molar-refractivity contribution in [2.45, 2.75) is 33.6 Å². The number of anilines is 1. The van der Waals surface area contributed by atoms with Gasteiger partial charge < -0.3 is 19.1 Å². The number of carbonyl (C=O) groups is 1. The minimum Gasteiger partial charge on any atom is -0.494 e. The number of benzene rings is 2. The molecule has 184 valence electrons. The van der Waals surface area contributed by atoms with Crippen LogP contribution in [0.15, 0.2) is 36.4 Å². The van der Waals surface area contributed by atoms with Gasteiger partial charge in [0, 0.05) is 30.8 Å². The fourth-order valence-electron chi connectivity index (χ4n) is 3.67. The summed E-state index contributed by atoms with van der Waals surface area (Å²) >= 11 is 1.49. The second kappa shape index (κ2) is 12.2. The van der Waals surface area contributed by atoms with Gasteiger partial charge in [-0.05, 0) is 43.8 Å². The molecule has 7 nitrogen and oxygen atoms in total. The van der Waals surface area contributed by atoms with E-state index in [1.54, 1.807) is 4.90 Å². The number of ether oxygens (including phenoxy) is 3. The van der Waals surface area contributed by atoms with Gasteiger partial charge in [0.2, 0.25) is 6.79 Å². The first-order chi connectivity index (χ1) is 16.1. The number of amides is 1. The number of halogens is 1. The molecule has 3 aromatic rings. The molecule has 34 heavy (non-hydrogen) atoms. The van der Waals surface area contributed by atoms with Gasteiger partial charge in [-0.15, -0.1) is 12.4 Å². The lowest BCUT2D eigenvalue weighted by atomic mass is 10.2. The van der Waals surface area contributed by atoms with Crippen molar-refractivity contribution >= 4 is 45.0 Å². The van der Waals surface area contributed by atoms with E-state index in [2.05, 4.69) is 25.7 Å². The SMILES string of the molecule is CCCCOc1ccc(C(=O)N(CCN(CC)CC)c2nc3cc4c(cc3s2)OCO4)cc1.Cl. The maximum Gasteiger partial charge on any atom is 0.260 e. The summed E-state index contributed by atoms with van der Waals surface area (Å²) < 4.78 is 17.7. The summed E-state index contributed by atoms with van der Waals surface area (Å²) in [7, 11) is 0. The molecule has 0 fully saturated rings. The molecule has 1 aliphatic heterocycles. The van der Waals surface area contributed by atoms with Crippen molar-refractivity contribution in [3.8, 4) is 17.2 Å². The van der Waals surface area contributed by atoms with E-state index in [4.69, 9.17) is 19.2 Å². The summed E-state index contributed by atoms with van der Waals surface area (Å²) in [6, 6.07) is 11.2. The van der Waals surface area contributed by atoms with Gasteiger partial charge in [0.15, 0.2) is 16.6 Å². The van der Waals surface area contributed by atoms with E-state index in [9.17, 15) is 4.79 Å². The zero-order chi connectivity index (χ0) is 23.2. The van der Waals surface area contributed by atoms with Crippen LogP contribution in [0.3, 0.4) is 0 Å². The average molecular weight is 506 g/mol. The molecule has 0 saturated heterocycles. The van der Waals surface area contributed by atoms with Crippen LogP contribution < -0.4 is 19.1 Å². The number of hydrogen-bond donors (Lipinski definition) is 0. The van der Waals surface area contributed by atoms with Crippen LogP contribution in [0.4, 0.5) is 5.13 Å². The lowest BCUT2D eigenvalue weighted by molar-refractivity contribution is 0.0983. The maximum absolute atomic E-state index is 13.6. The van der Waals surface area contributed by atoms with Gasteiger partial charge in [-0.25, -0.2) is 4.98 Å². The Morgan fingerprint density at radius 2 is 1.76 bits per heavy atom. The van der Waals surface area contributed by atoms with Crippen LogP contribution in [0.1, 0.15) is 44.0 Å². The molecule has 0 spiro atoms. The van der Waals surface area contributed by atoms with Crippen molar-refractivity contribution in [1.82, 2.24) is 9.88 Å². The van der Waals surface area contributed by atoms with Crippen molar-refractivity contribution in [3.63, 3.8) is 0 Å². The summed E-state index contributed by atoms with van der Waals surface area (Å²) in [6.07, 6.45) is 2.10. The van der Waals surface area contributed by atoms with Gasteiger partial charge in [-0.3, -0.25) is 9.69 Å². The molecular formula is C25H32ClN3O4S. The molecule has 9 heteroatoms. The summed E-state index contributed by atoms with van der Waals surface area (Å²) in [5.41, 5.74) is 1.42. The van der Waals surface area contributed by atoms with E-state index in [1.807, 2.05) is 36.4 Å². The lowest BCUT2D eigenvalue weighted by Gasteiger charge is -2.24. The Bertz CT molecular complexity index is 1040.